The van der Waals surface area contributed by atoms with Gasteiger partial charge in [0, 0.05) is 12.6 Å². The van der Waals surface area contributed by atoms with Crippen molar-refractivity contribution in [2.45, 2.75) is 51.1 Å². The fourth-order valence-corrected chi connectivity index (χ4v) is 5.77. The SMILES string of the molecule is CCCn1c(=O)sc2cc(S(=O)(=O)N[C@H](CC)c3ccc(OC)c(C)c3)ccc21. The first-order valence-corrected chi connectivity index (χ1v) is 11.9. The number of aromatic nitrogens is 1. The van der Waals surface area contributed by atoms with E-state index in [4.69, 9.17) is 4.74 Å². The van der Waals surface area contributed by atoms with Gasteiger partial charge in [-0.1, -0.05) is 37.3 Å². The molecule has 0 radical (unpaired) electrons. The van der Waals surface area contributed by atoms with E-state index in [9.17, 15) is 13.2 Å². The number of aryl methyl sites for hydroxylation is 2. The van der Waals surface area contributed by atoms with Crippen molar-refractivity contribution >= 4 is 31.6 Å². The molecule has 0 unspecified atom stereocenters. The standard InChI is InChI=1S/C21H26N2O4S2/c1-5-11-23-18-9-8-16(13-20(18)28-21(23)24)29(25,26)22-17(6-2)15-7-10-19(27-4)14(3)12-15/h7-10,12-13,17,22H,5-6,11H2,1-4H3/t17-/m1/s1. The van der Waals surface area contributed by atoms with Crippen LogP contribution in [0.15, 0.2) is 46.1 Å². The maximum absolute atomic E-state index is 13.0. The van der Waals surface area contributed by atoms with Crippen molar-refractivity contribution in [2.24, 2.45) is 0 Å². The van der Waals surface area contributed by atoms with E-state index in [1.807, 2.05) is 39.0 Å². The Morgan fingerprint density at radius 1 is 1.17 bits per heavy atom. The van der Waals surface area contributed by atoms with Gasteiger partial charge in [-0.3, -0.25) is 9.36 Å². The molecule has 8 heteroatoms. The van der Waals surface area contributed by atoms with Crippen molar-refractivity contribution in [1.29, 1.82) is 0 Å². The minimum Gasteiger partial charge on any atom is -0.496 e. The summed E-state index contributed by atoms with van der Waals surface area (Å²) in [7, 11) is -2.13. The number of methoxy groups -OCH3 is 1. The minimum atomic E-state index is -3.74. The largest absolute Gasteiger partial charge is 0.496 e. The van der Waals surface area contributed by atoms with Crippen molar-refractivity contribution in [1.82, 2.24) is 9.29 Å². The van der Waals surface area contributed by atoms with Gasteiger partial charge in [0.1, 0.15) is 5.75 Å². The zero-order valence-corrected chi connectivity index (χ0v) is 18.7. The second-order valence-corrected chi connectivity index (χ2v) is 9.67. The molecule has 0 spiro atoms. The molecule has 1 atom stereocenters. The van der Waals surface area contributed by atoms with Crippen molar-refractivity contribution in [3.05, 3.63) is 57.2 Å². The lowest BCUT2D eigenvalue weighted by molar-refractivity contribution is 0.411. The molecule has 3 aromatic rings. The molecule has 2 aromatic carbocycles. The predicted octanol–water partition coefficient (Wildman–Crippen LogP) is 4.22. The summed E-state index contributed by atoms with van der Waals surface area (Å²) in [6.07, 6.45) is 1.44. The van der Waals surface area contributed by atoms with Gasteiger partial charge in [-0.2, -0.15) is 0 Å². The zero-order chi connectivity index (χ0) is 21.2. The third-order valence-corrected chi connectivity index (χ3v) is 7.34. The molecule has 0 aliphatic rings. The average Bonchev–Trinajstić information content (AvgIpc) is 3.01. The third-order valence-electron chi connectivity index (χ3n) is 4.92. The third kappa shape index (κ3) is 4.39. The van der Waals surface area contributed by atoms with Gasteiger partial charge in [-0.25, -0.2) is 13.1 Å². The molecule has 1 aromatic heterocycles. The van der Waals surface area contributed by atoms with Gasteiger partial charge < -0.3 is 4.74 Å². The van der Waals surface area contributed by atoms with Crippen molar-refractivity contribution in [3.8, 4) is 5.75 Å². The number of hydrogen-bond donors (Lipinski definition) is 1. The van der Waals surface area contributed by atoms with E-state index in [1.54, 1.807) is 29.9 Å². The highest BCUT2D eigenvalue weighted by Crippen LogP contribution is 2.27. The van der Waals surface area contributed by atoms with Crippen LogP contribution >= 0.6 is 11.3 Å². The van der Waals surface area contributed by atoms with Crippen LogP contribution < -0.4 is 14.3 Å². The Kier molecular flexibility index (Phi) is 6.45. The Balaban J connectivity index is 1.93. The Morgan fingerprint density at radius 3 is 2.55 bits per heavy atom. The number of hydrogen-bond acceptors (Lipinski definition) is 5. The van der Waals surface area contributed by atoms with Crippen LogP contribution in [0.25, 0.3) is 10.2 Å². The van der Waals surface area contributed by atoms with Gasteiger partial charge >= 0.3 is 4.87 Å². The summed E-state index contributed by atoms with van der Waals surface area (Å²) >= 11 is 1.08. The second-order valence-electron chi connectivity index (χ2n) is 6.96. The number of thiazole rings is 1. The topological polar surface area (TPSA) is 77.4 Å². The number of nitrogens with one attached hydrogen (secondary N) is 1. The van der Waals surface area contributed by atoms with E-state index in [0.717, 1.165) is 40.2 Å². The lowest BCUT2D eigenvalue weighted by Crippen LogP contribution is -2.28. The predicted molar refractivity (Wildman–Crippen MR) is 117 cm³/mol. The first-order valence-electron chi connectivity index (χ1n) is 9.61. The number of nitrogens with zero attached hydrogens (tertiary/aromatic N) is 1. The highest BCUT2D eigenvalue weighted by molar-refractivity contribution is 7.89. The van der Waals surface area contributed by atoms with Crippen LogP contribution in [0.3, 0.4) is 0 Å². The van der Waals surface area contributed by atoms with Gasteiger partial charge in [0.25, 0.3) is 0 Å². The monoisotopic (exact) mass is 434 g/mol. The Hall–Kier alpha value is -2.16. The second kappa shape index (κ2) is 8.69. The van der Waals surface area contributed by atoms with E-state index in [1.165, 1.54) is 0 Å². The Bertz CT molecular complexity index is 1180. The molecule has 0 saturated carbocycles. The van der Waals surface area contributed by atoms with Gasteiger partial charge in [-0.15, -0.1) is 0 Å². The quantitative estimate of drug-likeness (QED) is 0.576. The first kappa shape index (κ1) is 21.5. The molecule has 0 bridgehead atoms. The Morgan fingerprint density at radius 2 is 1.93 bits per heavy atom. The van der Waals surface area contributed by atoms with Crippen LogP contribution in [0.4, 0.5) is 0 Å². The molecule has 156 valence electrons. The lowest BCUT2D eigenvalue weighted by Gasteiger charge is -2.19. The van der Waals surface area contributed by atoms with E-state index in [2.05, 4.69) is 4.72 Å². The fraction of sp³-hybridized carbons (Fsp3) is 0.381. The number of fused-ring (bicyclic) bond motifs is 1. The average molecular weight is 435 g/mol. The first-order chi connectivity index (χ1) is 13.8. The van der Waals surface area contributed by atoms with Gasteiger partial charge in [-0.05, 0) is 55.2 Å². The van der Waals surface area contributed by atoms with Crippen LogP contribution in [0.1, 0.15) is 43.9 Å². The molecule has 3 rings (SSSR count). The number of benzene rings is 2. The summed E-state index contributed by atoms with van der Waals surface area (Å²) in [6.45, 7) is 6.50. The molecule has 0 amide bonds. The molecule has 0 aliphatic carbocycles. The number of rotatable bonds is 8. The molecular formula is C21H26N2O4S2. The molecule has 1 N–H and O–H groups in total. The molecule has 0 saturated heterocycles. The van der Waals surface area contributed by atoms with Crippen LogP contribution in [-0.4, -0.2) is 20.1 Å². The fourth-order valence-electron chi connectivity index (χ4n) is 3.41. The highest BCUT2D eigenvalue weighted by Gasteiger charge is 2.22. The van der Waals surface area contributed by atoms with Crippen LogP contribution in [0.2, 0.25) is 0 Å². The van der Waals surface area contributed by atoms with Crippen molar-refractivity contribution < 1.29 is 13.2 Å². The normalized spacial score (nSPS) is 13.0. The maximum Gasteiger partial charge on any atom is 0.308 e. The highest BCUT2D eigenvalue weighted by atomic mass is 32.2. The van der Waals surface area contributed by atoms with Crippen molar-refractivity contribution in [3.63, 3.8) is 0 Å². The molecule has 6 nitrogen and oxygen atoms in total. The number of ether oxygens (including phenoxy) is 1. The summed E-state index contributed by atoms with van der Waals surface area (Å²) in [5, 5.41) is 0. The number of sulfonamides is 1. The summed E-state index contributed by atoms with van der Waals surface area (Å²) in [5.74, 6) is 0.767. The smallest absolute Gasteiger partial charge is 0.308 e. The molecule has 1 heterocycles. The lowest BCUT2D eigenvalue weighted by atomic mass is 10.0. The molecular weight excluding hydrogens is 408 g/mol. The summed E-state index contributed by atoms with van der Waals surface area (Å²) in [4.78, 5) is 12.3. The molecule has 0 aliphatic heterocycles. The summed E-state index contributed by atoms with van der Waals surface area (Å²) in [5.41, 5.74) is 2.61. The van der Waals surface area contributed by atoms with Crippen molar-refractivity contribution in [2.75, 3.05) is 7.11 Å². The van der Waals surface area contributed by atoms with Crippen LogP contribution in [0, 0.1) is 6.92 Å². The van der Waals surface area contributed by atoms with Gasteiger partial charge in [0.15, 0.2) is 0 Å². The van der Waals surface area contributed by atoms with Gasteiger partial charge in [0.2, 0.25) is 10.0 Å². The van der Waals surface area contributed by atoms with Crippen LogP contribution in [-0.2, 0) is 16.6 Å². The summed E-state index contributed by atoms with van der Waals surface area (Å²) in [6, 6.07) is 10.2. The molecule has 0 fully saturated rings. The zero-order valence-electron chi connectivity index (χ0n) is 17.1. The minimum absolute atomic E-state index is 0.0653. The van der Waals surface area contributed by atoms with E-state index in [-0.39, 0.29) is 15.8 Å². The van der Waals surface area contributed by atoms with Gasteiger partial charge in [0.05, 0.1) is 22.2 Å². The molecule has 29 heavy (non-hydrogen) atoms. The van der Waals surface area contributed by atoms with E-state index < -0.39 is 10.0 Å². The van der Waals surface area contributed by atoms with Crippen LogP contribution in [0.5, 0.6) is 5.75 Å². The Labute approximate surface area is 175 Å². The van der Waals surface area contributed by atoms with E-state index >= 15 is 0 Å². The summed E-state index contributed by atoms with van der Waals surface area (Å²) < 4.78 is 36.5. The van der Waals surface area contributed by atoms with E-state index in [0.29, 0.717) is 17.7 Å². The maximum atomic E-state index is 13.0.